The number of hydrogen-bond donors (Lipinski definition) is 2. The summed E-state index contributed by atoms with van der Waals surface area (Å²) in [5.41, 5.74) is 2.02. The smallest absolute Gasteiger partial charge is 0.323 e. The van der Waals surface area contributed by atoms with E-state index in [1.807, 2.05) is 29.2 Å². The highest BCUT2D eigenvalue weighted by Gasteiger charge is 2.26. The van der Waals surface area contributed by atoms with E-state index >= 15 is 0 Å². The number of para-hydroxylation sites is 1. The number of piperazine rings is 1. The number of carboxylic acids is 1. The van der Waals surface area contributed by atoms with Crippen LogP contribution in [0.5, 0.6) is 0 Å². The lowest BCUT2D eigenvalue weighted by atomic mass is 10.1. The maximum atomic E-state index is 11.1. The summed E-state index contributed by atoms with van der Waals surface area (Å²) >= 11 is 0. The number of aliphatic imine (C=N–C) groups is 1. The molecule has 106 valence electrons. The molecule has 6 nitrogen and oxygen atoms in total. The Hall–Kier alpha value is -2.08. The number of carboxylic acid groups (broad SMARTS) is 1. The molecule has 1 aromatic carbocycles. The topological polar surface area (TPSA) is 68.2 Å². The zero-order valence-electron chi connectivity index (χ0n) is 11.2. The molecule has 2 aliphatic rings. The van der Waals surface area contributed by atoms with Crippen molar-refractivity contribution in [2.24, 2.45) is 4.99 Å². The Bertz CT molecular complexity index is 538. The third kappa shape index (κ3) is 2.60. The van der Waals surface area contributed by atoms with Crippen LogP contribution in [0.3, 0.4) is 0 Å². The molecule has 0 spiro atoms. The first kappa shape index (κ1) is 12.9. The number of nitrogens with zero attached hydrogens (tertiary/aromatic N) is 3. The Labute approximate surface area is 117 Å². The number of rotatable bonds is 2. The first-order valence-corrected chi connectivity index (χ1v) is 6.83. The van der Waals surface area contributed by atoms with Crippen LogP contribution in [0, 0.1) is 0 Å². The highest BCUT2D eigenvalue weighted by Crippen LogP contribution is 2.26. The number of hydrogen-bond acceptors (Lipinski definition) is 5. The van der Waals surface area contributed by atoms with Gasteiger partial charge in [-0.3, -0.25) is 4.79 Å². The van der Waals surface area contributed by atoms with Crippen molar-refractivity contribution >= 4 is 17.6 Å². The number of benzene rings is 1. The minimum Gasteiger partial charge on any atom is -0.480 e. The lowest BCUT2D eigenvalue weighted by molar-refractivity contribution is -0.137. The van der Waals surface area contributed by atoms with Crippen molar-refractivity contribution in [3.8, 4) is 0 Å². The van der Waals surface area contributed by atoms with Gasteiger partial charge in [0.05, 0.1) is 5.69 Å². The largest absolute Gasteiger partial charge is 0.480 e. The van der Waals surface area contributed by atoms with Gasteiger partial charge in [0.25, 0.3) is 0 Å². The van der Waals surface area contributed by atoms with E-state index in [2.05, 4.69) is 15.2 Å². The molecule has 0 aliphatic carbocycles. The standard InChI is InChI=1S/C14H18N4O2/c19-13(20)10-18-9-11-3-1-2-4-12(11)16-14(18)17-7-5-15-6-8-17/h1-4,15H,5-10H2,(H,19,20). The summed E-state index contributed by atoms with van der Waals surface area (Å²) in [6.45, 7) is 4.11. The van der Waals surface area contributed by atoms with E-state index in [1.54, 1.807) is 0 Å². The van der Waals surface area contributed by atoms with Crippen LogP contribution in [0.1, 0.15) is 5.56 Å². The van der Waals surface area contributed by atoms with Crippen LogP contribution in [0.25, 0.3) is 0 Å². The van der Waals surface area contributed by atoms with Crippen molar-refractivity contribution in [3.63, 3.8) is 0 Å². The SMILES string of the molecule is O=C(O)CN1Cc2ccccc2N=C1N1CCNCC1. The van der Waals surface area contributed by atoms with Gasteiger partial charge in [0.15, 0.2) is 0 Å². The fourth-order valence-corrected chi connectivity index (χ4v) is 2.63. The fraction of sp³-hybridized carbons (Fsp3) is 0.429. The van der Waals surface area contributed by atoms with E-state index in [4.69, 9.17) is 5.11 Å². The number of guanidine groups is 1. The highest BCUT2D eigenvalue weighted by molar-refractivity contribution is 5.88. The molecule has 0 aromatic heterocycles. The number of nitrogens with one attached hydrogen (secondary N) is 1. The Morgan fingerprint density at radius 3 is 2.80 bits per heavy atom. The molecule has 0 atom stereocenters. The van der Waals surface area contributed by atoms with E-state index in [1.165, 1.54) is 0 Å². The van der Waals surface area contributed by atoms with Gasteiger partial charge >= 0.3 is 5.97 Å². The van der Waals surface area contributed by atoms with Gasteiger partial charge in [-0.15, -0.1) is 0 Å². The van der Waals surface area contributed by atoms with Gasteiger partial charge in [-0.05, 0) is 11.6 Å². The molecular weight excluding hydrogens is 256 g/mol. The average molecular weight is 274 g/mol. The summed E-state index contributed by atoms with van der Waals surface area (Å²) in [6, 6.07) is 7.91. The van der Waals surface area contributed by atoms with Crippen molar-refractivity contribution in [1.82, 2.24) is 15.1 Å². The second-order valence-electron chi connectivity index (χ2n) is 5.03. The molecule has 0 saturated carbocycles. The zero-order valence-corrected chi connectivity index (χ0v) is 11.2. The summed E-state index contributed by atoms with van der Waals surface area (Å²) in [5.74, 6) is -0.0418. The molecule has 6 heteroatoms. The summed E-state index contributed by atoms with van der Waals surface area (Å²) in [7, 11) is 0. The molecule has 0 radical (unpaired) electrons. The van der Waals surface area contributed by atoms with Crippen molar-refractivity contribution in [2.75, 3.05) is 32.7 Å². The maximum Gasteiger partial charge on any atom is 0.323 e. The van der Waals surface area contributed by atoms with Crippen molar-refractivity contribution < 1.29 is 9.90 Å². The van der Waals surface area contributed by atoms with Crippen molar-refractivity contribution in [1.29, 1.82) is 0 Å². The van der Waals surface area contributed by atoms with Crippen molar-refractivity contribution in [2.45, 2.75) is 6.54 Å². The molecule has 0 amide bonds. The van der Waals surface area contributed by atoms with Gasteiger partial charge in [0, 0.05) is 32.7 Å². The monoisotopic (exact) mass is 274 g/mol. The van der Waals surface area contributed by atoms with E-state index < -0.39 is 5.97 Å². The van der Waals surface area contributed by atoms with E-state index in [9.17, 15) is 4.79 Å². The second kappa shape index (κ2) is 5.50. The lowest BCUT2D eigenvalue weighted by Gasteiger charge is -2.38. The van der Waals surface area contributed by atoms with Crippen LogP contribution in [0.15, 0.2) is 29.3 Å². The minimum absolute atomic E-state index is 0.0168. The maximum absolute atomic E-state index is 11.1. The molecule has 1 aromatic rings. The highest BCUT2D eigenvalue weighted by atomic mass is 16.4. The van der Waals surface area contributed by atoms with Crippen LogP contribution in [0.2, 0.25) is 0 Å². The number of fused-ring (bicyclic) bond motifs is 1. The quantitative estimate of drug-likeness (QED) is 0.821. The van der Waals surface area contributed by atoms with Crippen LogP contribution in [-0.4, -0.2) is 59.6 Å². The third-order valence-electron chi connectivity index (χ3n) is 3.58. The molecule has 20 heavy (non-hydrogen) atoms. The molecule has 0 unspecified atom stereocenters. The number of carbonyl (C=O) groups is 1. The van der Waals surface area contributed by atoms with Gasteiger partial charge in [0.2, 0.25) is 5.96 Å². The van der Waals surface area contributed by atoms with Gasteiger partial charge < -0.3 is 20.2 Å². The Morgan fingerprint density at radius 1 is 1.30 bits per heavy atom. The van der Waals surface area contributed by atoms with Gasteiger partial charge in [-0.25, -0.2) is 4.99 Å². The van der Waals surface area contributed by atoms with Crippen LogP contribution in [-0.2, 0) is 11.3 Å². The van der Waals surface area contributed by atoms with E-state index in [-0.39, 0.29) is 6.54 Å². The van der Waals surface area contributed by atoms with Gasteiger partial charge in [0.1, 0.15) is 6.54 Å². The summed E-state index contributed by atoms with van der Waals surface area (Å²) in [5, 5.41) is 12.4. The first-order valence-electron chi connectivity index (χ1n) is 6.83. The van der Waals surface area contributed by atoms with Gasteiger partial charge in [-0.1, -0.05) is 18.2 Å². The molecule has 2 heterocycles. The molecule has 1 saturated heterocycles. The zero-order chi connectivity index (χ0) is 13.9. The van der Waals surface area contributed by atoms with Gasteiger partial charge in [-0.2, -0.15) is 0 Å². The van der Waals surface area contributed by atoms with Crippen molar-refractivity contribution in [3.05, 3.63) is 29.8 Å². The normalized spacial score (nSPS) is 18.5. The summed E-state index contributed by atoms with van der Waals surface area (Å²) < 4.78 is 0. The molecule has 2 aliphatic heterocycles. The minimum atomic E-state index is -0.827. The van der Waals surface area contributed by atoms with Crippen LogP contribution >= 0.6 is 0 Å². The average Bonchev–Trinajstić information content (AvgIpc) is 2.47. The summed E-state index contributed by atoms with van der Waals surface area (Å²) in [4.78, 5) is 19.8. The predicted octanol–water partition coefficient (Wildman–Crippen LogP) is 0.480. The molecule has 3 rings (SSSR count). The Morgan fingerprint density at radius 2 is 2.05 bits per heavy atom. The van der Waals surface area contributed by atoms with Crippen LogP contribution < -0.4 is 5.32 Å². The summed E-state index contributed by atoms with van der Waals surface area (Å²) in [6.07, 6.45) is 0. The predicted molar refractivity (Wildman–Crippen MR) is 76.0 cm³/mol. The molecular formula is C14H18N4O2. The van der Waals surface area contributed by atoms with Crippen LogP contribution in [0.4, 0.5) is 5.69 Å². The van der Waals surface area contributed by atoms with E-state index in [0.29, 0.717) is 6.54 Å². The Kier molecular flexibility index (Phi) is 3.56. The first-order chi connectivity index (χ1) is 9.74. The fourth-order valence-electron chi connectivity index (χ4n) is 2.63. The lowest BCUT2D eigenvalue weighted by Crippen LogP contribution is -2.53. The molecule has 1 fully saturated rings. The third-order valence-corrected chi connectivity index (χ3v) is 3.58. The molecule has 0 bridgehead atoms. The van der Waals surface area contributed by atoms with E-state index in [0.717, 1.165) is 43.4 Å². The number of aliphatic carboxylic acids is 1. The molecule has 2 N–H and O–H groups in total. The Balaban J connectivity index is 1.92. The second-order valence-corrected chi connectivity index (χ2v) is 5.03.